The van der Waals surface area contributed by atoms with Crippen molar-refractivity contribution in [3.05, 3.63) is 76.9 Å². The van der Waals surface area contributed by atoms with Crippen molar-refractivity contribution >= 4 is 11.6 Å². The van der Waals surface area contributed by atoms with Gasteiger partial charge in [-0.2, -0.15) is 31.4 Å². The molecule has 0 saturated carbocycles. The van der Waals surface area contributed by atoms with Crippen LogP contribution in [-0.2, 0) is 37.0 Å². The molecule has 2 heterocycles. The SMILES string of the molecule is Cn1cc(-c2ccnc3c2C(NC(=O)Cc2ccc(C(F)(F)F)cc2)=CC3)c(C(F)(F)F)n1. The summed E-state index contributed by atoms with van der Waals surface area (Å²) in [6.45, 7) is 0. The van der Waals surface area contributed by atoms with Crippen LogP contribution < -0.4 is 5.32 Å². The molecule has 1 N–H and O–H groups in total. The van der Waals surface area contributed by atoms with Crippen LogP contribution in [0.15, 0.2) is 48.8 Å². The summed E-state index contributed by atoms with van der Waals surface area (Å²) in [6, 6.07) is 5.60. The molecule has 1 aromatic carbocycles. The van der Waals surface area contributed by atoms with E-state index in [1.807, 2.05) is 0 Å². The highest BCUT2D eigenvalue weighted by atomic mass is 19.4. The molecule has 0 atom stereocenters. The quantitative estimate of drug-likeness (QED) is 0.564. The minimum absolute atomic E-state index is 0.145. The molecule has 1 aliphatic carbocycles. The summed E-state index contributed by atoms with van der Waals surface area (Å²) < 4.78 is 79.7. The number of fused-ring (bicyclic) bond motifs is 1. The second kappa shape index (κ2) is 8.05. The topological polar surface area (TPSA) is 59.8 Å². The number of benzene rings is 1. The zero-order valence-electron chi connectivity index (χ0n) is 17.1. The van der Waals surface area contributed by atoms with Crippen molar-refractivity contribution in [2.45, 2.75) is 25.2 Å². The third-order valence-electron chi connectivity index (χ3n) is 5.11. The van der Waals surface area contributed by atoms with Crippen molar-refractivity contribution in [3.63, 3.8) is 0 Å². The number of carbonyl (C=O) groups is 1. The van der Waals surface area contributed by atoms with E-state index in [2.05, 4.69) is 15.4 Å². The van der Waals surface area contributed by atoms with Gasteiger partial charge < -0.3 is 5.32 Å². The Morgan fingerprint density at radius 1 is 1.03 bits per heavy atom. The monoisotopic (exact) mass is 466 g/mol. The molecular weight excluding hydrogens is 450 g/mol. The molecule has 5 nitrogen and oxygen atoms in total. The number of amides is 1. The van der Waals surface area contributed by atoms with Crippen LogP contribution in [0, 0.1) is 0 Å². The largest absolute Gasteiger partial charge is 0.435 e. The Kier molecular flexibility index (Phi) is 5.51. The van der Waals surface area contributed by atoms with E-state index in [0.717, 1.165) is 16.8 Å². The lowest BCUT2D eigenvalue weighted by atomic mass is 9.99. The maximum atomic E-state index is 13.5. The summed E-state index contributed by atoms with van der Waals surface area (Å²) >= 11 is 0. The zero-order chi connectivity index (χ0) is 24.0. The Morgan fingerprint density at radius 2 is 1.73 bits per heavy atom. The minimum Gasteiger partial charge on any atom is -0.325 e. The second-order valence-electron chi connectivity index (χ2n) is 7.48. The molecule has 0 bridgehead atoms. The molecule has 33 heavy (non-hydrogen) atoms. The number of aromatic nitrogens is 3. The van der Waals surface area contributed by atoms with Crippen molar-refractivity contribution in [1.82, 2.24) is 20.1 Å². The van der Waals surface area contributed by atoms with Crippen LogP contribution >= 0.6 is 0 Å². The lowest BCUT2D eigenvalue weighted by Gasteiger charge is -2.14. The summed E-state index contributed by atoms with van der Waals surface area (Å²) in [4.78, 5) is 16.7. The Bertz CT molecular complexity index is 1240. The normalized spacial score (nSPS) is 13.6. The number of carbonyl (C=O) groups excluding carboxylic acids is 1. The molecule has 1 aliphatic rings. The van der Waals surface area contributed by atoms with Gasteiger partial charge in [-0.1, -0.05) is 18.2 Å². The molecule has 0 unspecified atom stereocenters. The predicted molar refractivity (Wildman–Crippen MR) is 106 cm³/mol. The van der Waals surface area contributed by atoms with E-state index in [0.29, 0.717) is 28.9 Å². The fourth-order valence-electron chi connectivity index (χ4n) is 3.69. The van der Waals surface area contributed by atoms with Gasteiger partial charge in [-0.25, -0.2) is 0 Å². The summed E-state index contributed by atoms with van der Waals surface area (Å²) in [6.07, 6.45) is -4.79. The van der Waals surface area contributed by atoms with Crippen LogP contribution in [0.25, 0.3) is 16.8 Å². The molecule has 0 spiro atoms. The average Bonchev–Trinajstić information content (AvgIpc) is 3.31. The lowest BCUT2D eigenvalue weighted by molar-refractivity contribution is -0.141. The van der Waals surface area contributed by atoms with Crippen LogP contribution in [-0.4, -0.2) is 20.7 Å². The first-order valence-electron chi connectivity index (χ1n) is 9.69. The van der Waals surface area contributed by atoms with E-state index in [9.17, 15) is 31.1 Å². The molecule has 0 fully saturated rings. The smallest absolute Gasteiger partial charge is 0.325 e. The average molecular weight is 466 g/mol. The van der Waals surface area contributed by atoms with Gasteiger partial charge in [0.2, 0.25) is 5.91 Å². The van der Waals surface area contributed by atoms with Crippen molar-refractivity contribution in [2.75, 3.05) is 0 Å². The number of hydrogen-bond donors (Lipinski definition) is 1. The third-order valence-corrected chi connectivity index (χ3v) is 5.11. The first-order chi connectivity index (χ1) is 15.4. The molecule has 1 amide bonds. The zero-order valence-corrected chi connectivity index (χ0v) is 17.1. The number of nitrogens with one attached hydrogen (secondary N) is 1. The highest BCUT2D eigenvalue weighted by Gasteiger charge is 2.38. The molecule has 0 saturated heterocycles. The van der Waals surface area contributed by atoms with Crippen LogP contribution in [0.1, 0.15) is 28.1 Å². The molecule has 172 valence electrons. The van der Waals surface area contributed by atoms with E-state index >= 15 is 0 Å². The predicted octanol–water partition coefficient (Wildman–Crippen LogP) is 4.78. The third kappa shape index (κ3) is 4.62. The molecule has 2 aromatic heterocycles. The minimum atomic E-state index is -4.68. The number of nitrogens with zero attached hydrogens (tertiary/aromatic N) is 3. The number of pyridine rings is 1. The molecule has 0 aliphatic heterocycles. The number of allylic oxidation sites excluding steroid dienone is 1. The summed E-state index contributed by atoms with van der Waals surface area (Å²) in [7, 11) is 1.38. The number of halogens is 6. The van der Waals surface area contributed by atoms with Gasteiger partial charge in [-0.15, -0.1) is 0 Å². The Hall–Kier alpha value is -3.63. The maximum Gasteiger partial charge on any atom is 0.435 e. The first kappa shape index (κ1) is 22.6. The van der Waals surface area contributed by atoms with Crippen molar-refractivity contribution in [1.29, 1.82) is 0 Å². The highest BCUT2D eigenvalue weighted by molar-refractivity contribution is 5.93. The molecular formula is C22H16F6N4O. The van der Waals surface area contributed by atoms with Crippen LogP contribution in [0.4, 0.5) is 26.3 Å². The number of hydrogen-bond acceptors (Lipinski definition) is 3. The summed E-state index contributed by atoms with van der Waals surface area (Å²) in [5.74, 6) is -0.522. The van der Waals surface area contributed by atoms with Gasteiger partial charge in [0, 0.05) is 42.7 Å². The van der Waals surface area contributed by atoms with Gasteiger partial charge >= 0.3 is 12.4 Å². The summed E-state index contributed by atoms with van der Waals surface area (Å²) in [5, 5.41) is 6.19. The van der Waals surface area contributed by atoms with Crippen LogP contribution in [0.2, 0.25) is 0 Å². The van der Waals surface area contributed by atoms with Gasteiger partial charge in [0.15, 0.2) is 5.69 Å². The van der Waals surface area contributed by atoms with Crippen LogP contribution in [0.3, 0.4) is 0 Å². The second-order valence-corrected chi connectivity index (χ2v) is 7.48. The first-order valence-corrected chi connectivity index (χ1v) is 9.69. The van der Waals surface area contributed by atoms with E-state index in [-0.39, 0.29) is 17.5 Å². The highest BCUT2D eigenvalue weighted by Crippen LogP contribution is 2.40. The van der Waals surface area contributed by atoms with Gasteiger partial charge in [-0.3, -0.25) is 14.5 Å². The number of rotatable bonds is 4. The number of alkyl halides is 6. The molecule has 0 radical (unpaired) electrons. The Labute approximate surface area is 183 Å². The lowest BCUT2D eigenvalue weighted by Crippen LogP contribution is -2.23. The Balaban J connectivity index is 1.59. The fourth-order valence-corrected chi connectivity index (χ4v) is 3.69. The number of aryl methyl sites for hydroxylation is 1. The van der Waals surface area contributed by atoms with Crippen molar-refractivity contribution in [3.8, 4) is 11.1 Å². The maximum absolute atomic E-state index is 13.5. The molecule has 3 aromatic rings. The van der Waals surface area contributed by atoms with Crippen molar-refractivity contribution < 1.29 is 31.1 Å². The van der Waals surface area contributed by atoms with Gasteiger partial charge in [0.1, 0.15) is 0 Å². The van der Waals surface area contributed by atoms with E-state index in [1.54, 1.807) is 6.08 Å². The summed E-state index contributed by atoms with van der Waals surface area (Å²) in [5.41, 5.74) is -0.301. The van der Waals surface area contributed by atoms with Gasteiger partial charge in [0.05, 0.1) is 17.7 Å². The van der Waals surface area contributed by atoms with E-state index in [1.165, 1.54) is 37.6 Å². The van der Waals surface area contributed by atoms with Gasteiger partial charge in [0.25, 0.3) is 0 Å². The van der Waals surface area contributed by atoms with Crippen molar-refractivity contribution in [2.24, 2.45) is 7.05 Å². The van der Waals surface area contributed by atoms with Gasteiger partial charge in [-0.05, 0) is 29.3 Å². The molecule has 4 rings (SSSR count). The van der Waals surface area contributed by atoms with E-state index < -0.39 is 29.5 Å². The fraction of sp³-hybridized carbons (Fsp3) is 0.227. The van der Waals surface area contributed by atoms with Crippen LogP contribution in [0.5, 0.6) is 0 Å². The molecule has 11 heteroatoms. The Morgan fingerprint density at radius 3 is 2.36 bits per heavy atom. The van der Waals surface area contributed by atoms with E-state index in [4.69, 9.17) is 0 Å². The standard InChI is InChI=1S/C22H16F6N4O/c1-32-11-15(20(31-32)22(26,27)28)14-8-9-29-16-6-7-17(19(14)16)30-18(33)10-12-2-4-13(5-3-12)21(23,24)25/h2-5,7-9,11H,6,10H2,1H3,(H,30,33).